The predicted molar refractivity (Wildman–Crippen MR) is 353 cm³/mol. The van der Waals surface area contributed by atoms with E-state index < -0.39 is 98.4 Å². The van der Waals surface area contributed by atoms with Crippen molar-refractivity contribution < 1.29 is 74.7 Å². The quantitative estimate of drug-likeness (QED) is 0.0147. The van der Waals surface area contributed by atoms with Crippen molar-refractivity contribution in [1.82, 2.24) is 45.3 Å². The van der Waals surface area contributed by atoms with Gasteiger partial charge in [0.2, 0.25) is 23.1 Å². The molecular formula is C63H73F12N21O4. The minimum atomic E-state index is -4.74. The van der Waals surface area contributed by atoms with Crippen molar-refractivity contribution in [2.45, 2.75) is 76.4 Å². The summed E-state index contributed by atoms with van der Waals surface area (Å²) in [5.41, 5.74) is 33.3. The van der Waals surface area contributed by atoms with E-state index in [1.54, 1.807) is 18.7 Å². The highest BCUT2D eigenvalue weighted by Crippen LogP contribution is 2.38. The number of nitrogens with one attached hydrogen (secondary N) is 4. The molecule has 0 amide bonds. The number of nitrogen functional groups attached to an aromatic ring is 4. The number of alkyl halides is 12. The Labute approximate surface area is 565 Å². The summed E-state index contributed by atoms with van der Waals surface area (Å²) >= 11 is 0. The van der Waals surface area contributed by atoms with Gasteiger partial charge >= 0.3 is 24.7 Å². The molecular weight excluding hydrogens is 1340 g/mol. The van der Waals surface area contributed by atoms with Crippen LogP contribution in [0.1, 0.15) is 123 Å². The standard InChI is InChI=1S/C17H20F3N5O.C16H17F3N6O.C16H18F3N5O.C14H14F3N5O.2H2/c1-9(2)12(8-21)24-13-6-5-11(17(18,19)20)14(25-13)15(26)10-4-3-7-23-16(10)22;17-16(18,19)11-3-4-12(25-7-5-9(8-25)24-21)23-13(11)14(26)10-2-1-6-22-15(10)20;1-15(2,21)8-23-11-6-5-10(16(17,18)19)12(24-11)13(25)9-4-3-7-22-14(9)20;15-14(16,17)9-3-4-10(20-7-5-18)22-11(9)12(23)8-2-1-6-21-13(8)19;;/h3-7,9,12H,8,21H2,1-2H3,(H2,22,23)(H,24,25);1-4,6,9,24H,5,7-8,21H2,(H2,20,22);3-7H,8,21H2,1-2H3,(H2,20,22)(H,23,24);1-4,6H,5,7,18H2,(H2,19,21)(H,20,22);2*1H/t12-;;;;;/m0...../s1. The van der Waals surface area contributed by atoms with Crippen LogP contribution in [0.15, 0.2) is 122 Å². The lowest BCUT2D eigenvalue weighted by molar-refractivity contribution is -0.138. The molecule has 1 fully saturated rings. The molecule has 1 saturated heterocycles. The zero-order valence-corrected chi connectivity index (χ0v) is 53.5. The van der Waals surface area contributed by atoms with E-state index in [1.165, 1.54) is 85.5 Å². The van der Waals surface area contributed by atoms with Gasteiger partial charge in [-0.3, -0.25) is 30.4 Å². The first-order valence-electron chi connectivity index (χ1n) is 29.8. The zero-order chi connectivity index (χ0) is 74.2. The van der Waals surface area contributed by atoms with Gasteiger partial charge in [-0.25, -0.2) is 39.9 Å². The fraction of sp³-hybridized carbons (Fsp3) is 0.302. The van der Waals surface area contributed by atoms with E-state index in [1.807, 2.05) is 13.8 Å². The Bertz CT molecular complexity index is 4190. The highest BCUT2D eigenvalue weighted by molar-refractivity contribution is 6.13. The monoisotopic (exact) mass is 1420 g/mol. The Morgan fingerprint density at radius 3 is 1.17 bits per heavy atom. The summed E-state index contributed by atoms with van der Waals surface area (Å²) in [5, 5.41) is 8.52. The molecule has 0 aromatic carbocycles. The minimum Gasteiger partial charge on any atom is -0.383 e. The van der Waals surface area contributed by atoms with Gasteiger partial charge in [0.05, 0.1) is 44.5 Å². The first-order valence-corrected chi connectivity index (χ1v) is 29.8. The molecule has 2 atom stereocenters. The lowest BCUT2D eigenvalue weighted by Crippen LogP contribution is -2.39. The molecule has 37 heteroatoms. The summed E-state index contributed by atoms with van der Waals surface area (Å²) in [6, 6.07) is 18.7. The zero-order valence-electron chi connectivity index (χ0n) is 53.5. The van der Waals surface area contributed by atoms with E-state index in [-0.39, 0.29) is 109 Å². The number of pyridine rings is 8. The smallest absolute Gasteiger partial charge is 0.383 e. The number of carbonyl (C=O) groups excluding carboxylic acids is 4. The molecule has 25 nitrogen and oxygen atoms in total. The van der Waals surface area contributed by atoms with Gasteiger partial charge < -0.3 is 61.0 Å². The molecule has 0 bridgehead atoms. The maximum absolute atomic E-state index is 13.4. The number of hydrogen-bond acceptors (Lipinski definition) is 25. The van der Waals surface area contributed by atoms with Crippen molar-refractivity contribution in [3.63, 3.8) is 0 Å². The van der Waals surface area contributed by atoms with Gasteiger partial charge in [-0.2, -0.15) is 52.7 Å². The van der Waals surface area contributed by atoms with E-state index in [2.05, 4.69) is 61.2 Å². The molecule has 1 aliphatic heterocycles. The number of anilines is 8. The molecule has 1 unspecified atom stereocenters. The van der Waals surface area contributed by atoms with Crippen LogP contribution in [0.25, 0.3) is 0 Å². The van der Waals surface area contributed by atoms with Crippen molar-refractivity contribution in [1.29, 1.82) is 0 Å². The van der Waals surface area contributed by atoms with E-state index in [4.69, 9.17) is 46.0 Å². The maximum atomic E-state index is 13.4. The number of rotatable bonds is 20. The minimum absolute atomic E-state index is 0. The third kappa shape index (κ3) is 20.9. The summed E-state index contributed by atoms with van der Waals surface area (Å²) in [6.45, 7) is 9.45. The normalized spacial score (nSPS) is 13.5. The summed E-state index contributed by atoms with van der Waals surface area (Å²) < 4.78 is 159. The van der Waals surface area contributed by atoms with Crippen LogP contribution >= 0.6 is 0 Å². The van der Waals surface area contributed by atoms with Crippen molar-refractivity contribution >= 4 is 69.7 Å². The molecule has 100 heavy (non-hydrogen) atoms. The third-order valence-corrected chi connectivity index (χ3v) is 14.3. The van der Waals surface area contributed by atoms with Crippen LogP contribution in [0.4, 0.5) is 99.2 Å². The molecule has 538 valence electrons. The van der Waals surface area contributed by atoms with E-state index in [9.17, 15) is 71.9 Å². The number of hydrazine groups is 1. The number of ketones is 4. The number of nitrogens with zero attached hydrogens (tertiary/aromatic N) is 9. The summed E-state index contributed by atoms with van der Waals surface area (Å²) in [4.78, 5) is 82.5. The molecule has 1 aliphatic rings. The second-order valence-electron chi connectivity index (χ2n) is 22.8. The average Bonchev–Trinajstić information content (AvgIpc) is 0.924. The number of nitrogens with two attached hydrogens (primary N) is 8. The van der Waals surface area contributed by atoms with Crippen LogP contribution in [-0.2, 0) is 24.7 Å². The predicted octanol–water partition coefficient (Wildman–Crippen LogP) is 8.68. The molecule has 9 heterocycles. The molecule has 9 rings (SSSR count). The second kappa shape index (κ2) is 33.2. The molecule has 0 spiro atoms. The van der Waals surface area contributed by atoms with Crippen molar-refractivity contribution in [2.75, 3.05) is 83.1 Å². The lowest BCUT2D eigenvalue weighted by Gasteiger charge is -2.22. The van der Waals surface area contributed by atoms with Gasteiger partial charge in [-0.05, 0) is 123 Å². The van der Waals surface area contributed by atoms with Crippen molar-refractivity contribution in [3.05, 3.63) is 189 Å². The Morgan fingerprint density at radius 2 is 0.860 bits per heavy atom. The summed E-state index contributed by atoms with van der Waals surface area (Å²) in [7, 11) is 0. The van der Waals surface area contributed by atoms with E-state index >= 15 is 0 Å². The fourth-order valence-electron chi connectivity index (χ4n) is 9.15. The van der Waals surface area contributed by atoms with E-state index in [0.29, 0.717) is 19.6 Å². The van der Waals surface area contributed by atoms with Gasteiger partial charge in [-0.15, -0.1) is 0 Å². The molecule has 8 aromatic heterocycles. The third-order valence-electron chi connectivity index (χ3n) is 14.3. The van der Waals surface area contributed by atoms with Gasteiger partial charge in [0.1, 0.15) is 69.3 Å². The van der Waals surface area contributed by atoms with Crippen LogP contribution in [-0.4, -0.2) is 120 Å². The Kier molecular flexibility index (Phi) is 26.0. The van der Waals surface area contributed by atoms with Gasteiger partial charge in [0.25, 0.3) is 0 Å². The average molecular weight is 1420 g/mol. The molecule has 0 aliphatic carbocycles. The lowest BCUT2D eigenvalue weighted by atomic mass is 10.0. The van der Waals surface area contributed by atoms with Gasteiger partial charge in [0, 0.05) is 84.5 Å². The summed E-state index contributed by atoms with van der Waals surface area (Å²) in [5.74, 6) is 1.78. The Morgan fingerprint density at radius 1 is 0.520 bits per heavy atom. The number of carbonyl (C=O) groups is 4. The second-order valence-corrected chi connectivity index (χ2v) is 22.8. The number of hydrogen-bond donors (Lipinski definition) is 12. The first-order chi connectivity index (χ1) is 46.8. The van der Waals surface area contributed by atoms with Crippen molar-refractivity contribution in [2.24, 2.45) is 29.0 Å². The SMILES string of the molecule is CC(C)(N)CNc1ccc(C(F)(F)F)c(C(=O)c2cccnc2N)n1.CC(C)[C@H](CN)Nc1ccc(C(F)(F)F)c(C(=O)c2cccnc2N)n1.NCCNc1ccc(C(F)(F)F)c(C(=O)c2cccnc2N)n1.NNC1CCN(c2ccc(C(F)(F)F)c(C(=O)c3cccnc3N)n2)C1.[HH].[HH]. The number of aromatic nitrogens is 8. The largest absolute Gasteiger partial charge is 0.418 e. The van der Waals surface area contributed by atoms with Gasteiger partial charge in [0.15, 0.2) is 0 Å². The van der Waals surface area contributed by atoms with Crippen LogP contribution < -0.4 is 72.3 Å². The molecule has 20 N–H and O–H groups in total. The highest BCUT2D eigenvalue weighted by Gasteiger charge is 2.41. The van der Waals surface area contributed by atoms with Crippen LogP contribution in [0, 0.1) is 5.92 Å². The summed E-state index contributed by atoms with van der Waals surface area (Å²) in [6.07, 6.45) is -12.8. The van der Waals surface area contributed by atoms with Crippen LogP contribution in [0.5, 0.6) is 0 Å². The van der Waals surface area contributed by atoms with Crippen LogP contribution in [0.3, 0.4) is 0 Å². The first kappa shape index (κ1) is 78.2. The Balaban J connectivity index is 0.000000287. The molecule has 0 radical (unpaired) electrons. The number of halogens is 12. The molecule has 8 aromatic rings. The van der Waals surface area contributed by atoms with E-state index in [0.717, 1.165) is 42.8 Å². The van der Waals surface area contributed by atoms with Gasteiger partial charge in [-0.1, -0.05) is 13.8 Å². The highest BCUT2D eigenvalue weighted by atomic mass is 19.4. The Hall–Kier alpha value is -10.8. The van der Waals surface area contributed by atoms with Crippen LogP contribution in [0.2, 0.25) is 0 Å². The maximum Gasteiger partial charge on any atom is 0.418 e. The topological polar surface area (TPSA) is 431 Å². The molecule has 0 saturated carbocycles. The fourth-order valence-corrected chi connectivity index (χ4v) is 9.15. The van der Waals surface area contributed by atoms with Crippen molar-refractivity contribution in [3.8, 4) is 0 Å².